The minimum Gasteiger partial charge on any atom is -0.384 e. The lowest BCUT2D eigenvalue weighted by molar-refractivity contribution is 0.0735. The van der Waals surface area contributed by atoms with E-state index >= 15 is 0 Å². The normalized spacial score (nSPS) is 18.4. The van der Waals surface area contributed by atoms with Gasteiger partial charge in [-0.25, -0.2) is 0 Å². The Hall–Kier alpha value is -1.72. The molecule has 0 bridgehead atoms. The van der Waals surface area contributed by atoms with Gasteiger partial charge < -0.3 is 10.2 Å². The third-order valence-electron chi connectivity index (χ3n) is 4.69. The van der Waals surface area contributed by atoms with Gasteiger partial charge in [0.2, 0.25) is 0 Å². The van der Waals surface area contributed by atoms with Crippen LogP contribution >= 0.6 is 24.8 Å². The summed E-state index contributed by atoms with van der Waals surface area (Å²) in [7, 11) is 1.91. The van der Waals surface area contributed by atoms with Crippen LogP contribution in [0.25, 0.3) is 0 Å². The number of nitrogens with zero attached hydrogens (tertiary/aromatic N) is 3. The number of hydrogen-bond acceptors (Lipinski definition) is 3. The van der Waals surface area contributed by atoms with E-state index in [1.54, 1.807) is 4.68 Å². The second kappa shape index (κ2) is 7.45. The van der Waals surface area contributed by atoms with E-state index in [-0.39, 0.29) is 36.8 Å². The molecule has 1 saturated heterocycles. The van der Waals surface area contributed by atoms with Crippen LogP contribution in [0.2, 0.25) is 0 Å². The molecular weight excluding hydrogens is 347 g/mol. The van der Waals surface area contributed by atoms with E-state index in [1.165, 1.54) is 11.3 Å². The van der Waals surface area contributed by atoms with Crippen LogP contribution in [0.15, 0.2) is 30.6 Å². The minimum absolute atomic E-state index is 0. The van der Waals surface area contributed by atoms with Crippen molar-refractivity contribution in [1.29, 1.82) is 0 Å². The van der Waals surface area contributed by atoms with Crippen LogP contribution in [0.5, 0.6) is 0 Å². The molecule has 1 aromatic carbocycles. The Morgan fingerprint density at radius 1 is 1.33 bits per heavy atom. The van der Waals surface area contributed by atoms with E-state index in [0.717, 1.165) is 43.5 Å². The zero-order chi connectivity index (χ0) is 15.1. The van der Waals surface area contributed by atoms with Crippen molar-refractivity contribution < 1.29 is 4.79 Å². The molecule has 1 aromatic heterocycles. The fourth-order valence-corrected chi connectivity index (χ4v) is 3.57. The van der Waals surface area contributed by atoms with Crippen LogP contribution in [0.3, 0.4) is 0 Å². The lowest BCUT2D eigenvalue weighted by Gasteiger charge is -2.24. The second-order valence-electron chi connectivity index (χ2n) is 6.15. The number of carbonyl (C=O) groups is 1. The molecule has 3 heterocycles. The number of aryl methyl sites for hydroxylation is 1. The van der Waals surface area contributed by atoms with Crippen LogP contribution in [-0.2, 0) is 13.5 Å². The Morgan fingerprint density at radius 3 is 2.92 bits per heavy atom. The predicted octanol–water partition coefficient (Wildman–Crippen LogP) is 3.21. The average molecular weight is 369 g/mol. The van der Waals surface area contributed by atoms with Gasteiger partial charge in [-0.05, 0) is 43.0 Å². The summed E-state index contributed by atoms with van der Waals surface area (Å²) in [5, 5.41) is 7.58. The number of hydrogen-bond donors (Lipinski definition) is 1. The molecule has 1 unspecified atom stereocenters. The number of amides is 1. The van der Waals surface area contributed by atoms with Gasteiger partial charge in [-0.2, -0.15) is 5.10 Å². The van der Waals surface area contributed by atoms with Crippen molar-refractivity contribution in [3.05, 3.63) is 47.3 Å². The van der Waals surface area contributed by atoms with Crippen LogP contribution in [0.1, 0.15) is 40.4 Å². The number of anilines is 1. The molecule has 0 spiro atoms. The van der Waals surface area contributed by atoms with Crippen LogP contribution in [0, 0.1) is 0 Å². The quantitative estimate of drug-likeness (QED) is 0.885. The number of likely N-dealkylation sites (tertiary alicyclic amines) is 1. The van der Waals surface area contributed by atoms with Crippen molar-refractivity contribution in [2.45, 2.75) is 25.3 Å². The molecule has 0 aliphatic carbocycles. The molecule has 4 rings (SSSR count). The summed E-state index contributed by atoms with van der Waals surface area (Å²) in [5.74, 6) is 0.140. The maximum Gasteiger partial charge on any atom is 0.254 e. The van der Waals surface area contributed by atoms with E-state index in [2.05, 4.69) is 16.5 Å². The number of halogens is 2. The third-order valence-corrected chi connectivity index (χ3v) is 4.69. The van der Waals surface area contributed by atoms with E-state index in [1.807, 2.05) is 36.5 Å². The second-order valence-corrected chi connectivity index (χ2v) is 6.15. The van der Waals surface area contributed by atoms with Gasteiger partial charge in [-0.3, -0.25) is 9.48 Å². The molecule has 130 valence electrons. The summed E-state index contributed by atoms with van der Waals surface area (Å²) in [6.45, 7) is 1.79. The SMILES string of the molecule is Cl.Cl.Cn1cc(C2CCCN2C(=O)c2ccc3c(c2)CCN3)cn1. The molecule has 5 nitrogen and oxygen atoms in total. The number of fused-ring (bicyclic) bond motifs is 1. The Labute approximate surface area is 154 Å². The third kappa shape index (κ3) is 3.23. The summed E-state index contributed by atoms with van der Waals surface area (Å²) in [6, 6.07) is 6.19. The number of carbonyl (C=O) groups excluding carboxylic acids is 1. The number of rotatable bonds is 2. The van der Waals surface area contributed by atoms with Crippen LogP contribution in [-0.4, -0.2) is 33.7 Å². The Kier molecular flexibility index (Phi) is 5.78. The molecule has 2 aliphatic rings. The Bertz CT molecular complexity index is 731. The highest BCUT2D eigenvalue weighted by Gasteiger charge is 2.31. The molecule has 1 amide bonds. The van der Waals surface area contributed by atoms with Gasteiger partial charge in [0.05, 0.1) is 12.2 Å². The highest BCUT2D eigenvalue weighted by atomic mass is 35.5. The van der Waals surface area contributed by atoms with E-state index in [0.29, 0.717) is 0 Å². The zero-order valence-corrected chi connectivity index (χ0v) is 15.2. The highest BCUT2D eigenvalue weighted by Crippen LogP contribution is 2.33. The van der Waals surface area contributed by atoms with Gasteiger partial charge in [0.1, 0.15) is 0 Å². The van der Waals surface area contributed by atoms with Gasteiger partial charge in [-0.15, -0.1) is 24.8 Å². The maximum atomic E-state index is 12.9. The topological polar surface area (TPSA) is 50.2 Å². The minimum atomic E-state index is 0. The lowest BCUT2D eigenvalue weighted by atomic mass is 10.1. The molecule has 0 radical (unpaired) electrons. The predicted molar refractivity (Wildman–Crippen MR) is 99.4 cm³/mol. The van der Waals surface area contributed by atoms with Crippen molar-refractivity contribution in [2.75, 3.05) is 18.4 Å². The molecule has 24 heavy (non-hydrogen) atoms. The molecule has 2 aliphatic heterocycles. The van der Waals surface area contributed by atoms with Crippen molar-refractivity contribution in [1.82, 2.24) is 14.7 Å². The largest absolute Gasteiger partial charge is 0.384 e. The molecular formula is C17H22Cl2N4O. The standard InChI is InChI=1S/C17H20N4O.2ClH/c1-20-11-14(10-19-20)16-3-2-8-21(16)17(22)13-4-5-15-12(9-13)6-7-18-15;;/h4-5,9-11,16,18H,2-3,6-8H2,1H3;2*1H. The van der Waals surface area contributed by atoms with Crippen LogP contribution in [0.4, 0.5) is 5.69 Å². The van der Waals surface area contributed by atoms with Crippen molar-refractivity contribution >= 4 is 36.4 Å². The summed E-state index contributed by atoms with van der Waals surface area (Å²) < 4.78 is 1.80. The first-order valence-electron chi connectivity index (χ1n) is 7.89. The number of aromatic nitrogens is 2. The first-order chi connectivity index (χ1) is 10.7. The van der Waals surface area contributed by atoms with Crippen molar-refractivity contribution in [3.63, 3.8) is 0 Å². The molecule has 7 heteroatoms. The molecule has 2 aromatic rings. The van der Waals surface area contributed by atoms with Crippen molar-refractivity contribution in [2.24, 2.45) is 7.05 Å². The number of nitrogens with one attached hydrogen (secondary N) is 1. The molecule has 0 saturated carbocycles. The smallest absolute Gasteiger partial charge is 0.254 e. The first kappa shape index (κ1) is 18.6. The van der Waals surface area contributed by atoms with Gasteiger partial charge in [0.25, 0.3) is 5.91 Å². The first-order valence-corrected chi connectivity index (χ1v) is 7.89. The van der Waals surface area contributed by atoms with E-state index in [4.69, 9.17) is 0 Å². The van der Waals surface area contributed by atoms with E-state index < -0.39 is 0 Å². The molecule has 1 atom stereocenters. The van der Waals surface area contributed by atoms with Crippen molar-refractivity contribution in [3.8, 4) is 0 Å². The van der Waals surface area contributed by atoms with E-state index in [9.17, 15) is 4.79 Å². The molecule has 1 N–H and O–H groups in total. The number of benzene rings is 1. The summed E-state index contributed by atoms with van der Waals surface area (Å²) in [4.78, 5) is 14.9. The summed E-state index contributed by atoms with van der Waals surface area (Å²) in [6.07, 6.45) is 6.97. The molecule has 1 fully saturated rings. The average Bonchev–Trinajstić information content (AvgIpc) is 3.25. The Morgan fingerprint density at radius 2 is 2.17 bits per heavy atom. The summed E-state index contributed by atoms with van der Waals surface area (Å²) in [5.41, 5.74) is 4.36. The fraction of sp³-hybridized carbons (Fsp3) is 0.412. The van der Waals surface area contributed by atoms with Crippen LogP contribution < -0.4 is 5.32 Å². The Balaban J connectivity index is 0.00000104. The van der Waals surface area contributed by atoms with Gasteiger partial charge in [-0.1, -0.05) is 0 Å². The van der Waals surface area contributed by atoms with Gasteiger partial charge >= 0.3 is 0 Å². The lowest BCUT2D eigenvalue weighted by Crippen LogP contribution is -2.30. The monoisotopic (exact) mass is 368 g/mol. The fourth-order valence-electron chi connectivity index (χ4n) is 3.57. The maximum absolute atomic E-state index is 12.9. The summed E-state index contributed by atoms with van der Waals surface area (Å²) >= 11 is 0. The van der Waals surface area contributed by atoms with Gasteiger partial charge in [0.15, 0.2) is 0 Å². The van der Waals surface area contributed by atoms with Gasteiger partial charge in [0, 0.05) is 43.1 Å². The zero-order valence-electron chi connectivity index (χ0n) is 13.6. The highest BCUT2D eigenvalue weighted by molar-refractivity contribution is 5.95.